The van der Waals surface area contributed by atoms with E-state index in [-0.39, 0.29) is 0 Å². The molecule has 0 aliphatic heterocycles. The molecule has 0 aliphatic carbocycles. The first kappa shape index (κ1) is 13.6. The fraction of sp³-hybridized carbons (Fsp3) is 0.364. The molecule has 1 atom stereocenters. The van der Waals surface area contributed by atoms with Crippen molar-refractivity contribution in [3.63, 3.8) is 0 Å². The lowest BCUT2D eigenvalue weighted by Gasteiger charge is -2.05. The molecule has 0 amide bonds. The first-order valence-electron chi connectivity index (χ1n) is 5.23. The van der Waals surface area contributed by atoms with Gasteiger partial charge in [-0.15, -0.1) is 11.3 Å². The molecular formula is C11H11ClN2O2S2. The van der Waals surface area contributed by atoms with E-state index in [1.807, 2.05) is 13.8 Å². The van der Waals surface area contributed by atoms with E-state index in [0.717, 1.165) is 32.4 Å². The third-order valence-corrected chi connectivity index (χ3v) is 4.92. The average molecular weight is 303 g/mol. The number of rotatable bonds is 3. The number of fused-ring (bicyclic) bond motifs is 1. The van der Waals surface area contributed by atoms with Gasteiger partial charge in [0.15, 0.2) is 5.16 Å². The molecule has 96 valence electrons. The van der Waals surface area contributed by atoms with Crippen LogP contribution in [-0.2, 0) is 4.79 Å². The van der Waals surface area contributed by atoms with Gasteiger partial charge in [-0.25, -0.2) is 9.97 Å². The molecule has 0 aromatic carbocycles. The van der Waals surface area contributed by atoms with E-state index in [1.54, 1.807) is 18.3 Å². The predicted molar refractivity (Wildman–Crippen MR) is 74.9 cm³/mol. The zero-order valence-electron chi connectivity index (χ0n) is 10.0. The average Bonchev–Trinajstić information content (AvgIpc) is 2.54. The van der Waals surface area contributed by atoms with Crippen LogP contribution in [0.15, 0.2) is 5.16 Å². The number of nitrogens with zero attached hydrogens (tertiary/aromatic N) is 2. The van der Waals surface area contributed by atoms with Crippen LogP contribution in [0.2, 0.25) is 5.15 Å². The van der Waals surface area contributed by atoms with Gasteiger partial charge < -0.3 is 5.11 Å². The zero-order chi connectivity index (χ0) is 13.4. The molecule has 0 spiro atoms. The number of aryl methyl sites for hydroxylation is 2. The number of hydrogen-bond acceptors (Lipinski definition) is 5. The summed E-state index contributed by atoms with van der Waals surface area (Å²) in [5.41, 5.74) is 1.09. The Morgan fingerprint density at radius 2 is 2.11 bits per heavy atom. The van der Waals surface area contributed by atoms with Gasteiger partial charge in [0.2, 0.25) is 0 Å². The fourth-order valence-corrected chi connectivity index (χ4v) is 3.65. The molecular weight excluding hydrogens is 292 g/mol. The van der Waals surface area contributed by atoms with Crippen LogP contribution in [0.1, 0.15) is 17.4 Å². The van der Waals surface area contributed by atoms with Crippen molar-refractivity contribution >= 4 is 50.9 Å². The summed E-state index contributed by atoms with van der Waals surface area (Å²) >= 11 is 8.78. The topological polar surface area (TPSA) is 63.1 Å². The highest BCUT2D eigenvalue weighted by Crippen LogP contribution is 2.34. The van der Waals surface area contributed by atoms with E-state index >= 15 is 0 Å². The van der Waals surface area contributed by atoms with Crippen molar-refractivity contribution in [2.24, 2.45) is 0 Å². The Balaban J connectivity index is 2.46. The molecule has 2 heterocycles. The highest BCUT2D eigenvalue weighted by molar-refractivity contribution is 8.00. The Morgan fingerprint density at radius 3 is 2.72 bits per heavy atom. The summed E-state index contributed by atoms with van der Waals surface area (Å²) in [7, 11) is 0. The van der Waals surface area contributed by atoms with Crippen LogP contribution < -0.4 is 0 Å². The molecule has 2 rings (SSSR count). The van der Waals surface area contributed by atoms with Crippen molar-refractivity contribution < 1.29 is 9.90 Å². The van der Waals surface area contributed by atoms with Gasteiger partial charge in [0, 0.05) is 4.88 Å². The SMILES string of the molecule is Cc1sc2nc(SC(C)C(=O)O)nc(Cl)c2c1C. The molecule has 1 N–H and O–H groups in total. The van der Waals surface area contributed by atoms with E-state index in [2.05, 4.69) is 9.97 Å². The molecule has 0 bridgehead atoms. The Labute approximate surface area is 117 Å². The van der Waals surface area contributed by atoms with Crippen LogP contribution in [0.3, 0.4) is 0 Å². The van der Waals surface area contributed by atoms with Crippen LogP contribution in [0, 0.1) is 13.8 Å². The predicted octanol–water partition coefficient (Wildman–Crippen LogP) is 3.53. The molecule has 4 nitrogen and oxygen atoms in total. The van der Waals surface area contributed by atoms with E-state index in [1.165, 1.54) is 0 Å². The summed E-state index contributed by atoms with van der Waals surface area (Å²) in [5, 5.41) is 9.93. The summed E-state index contributed by atoms with van der Waals surface area (Å²) < 4.78 is 0. The maximum Gasteiger partial charge on any atom is 0.316 e. The maximum absolute atomic E-state index is 10.8. The number of halogens is 1. The van der Waals surface area contributed by atoms with E-state index in [0.29, 0.717) is 10.3 Å². The number of aliphatic carboxylic acids is 1. The largest absolute Gasteiger partial charge is 0.480 e. The lowest BCUT2D eigenvalue weighted by atomic mass is 10.2. The van der Waals surface area contributed by atoms with E-state index in [9.17, 15) is 4.79 Å². The highest BCUT2D eigenvalue weighted by atomic mass is 35.5. The number of aromatic nitrogens is 2. The molecule has 2 aromatic heterocycles. The standard InChI is InChI=1S/C11H11ClN2O2S2/c1-4-5(2)17-9-7(4)8(12)13-11(14-9)18-6(3)10(15)16/h6H,1-3H3,(H,15,16). The Hall–Kier alpha value is -0.850. The lowest BCUT2D eigenvalue weighted by Crippen LogP contribution is -2.11. The molecule has 2 aromatic rings. The summed E-state index contributed by atoms with van der Waals surface area (Å²) in [5.74, 6) is -0.890. The first-order chi connectivity index (χ1) is 8.40. The quantitative estimate of drug-likeness (QED) is 0.534. The summed E-state index contributed by atoms with van der Waals surface area (Å²) in [4.78, 5) is 21.3. The molecule has 0 aliphatic rings. The van der Waals surface area contributed by atoms with Gasteiger partial charge in [-0.2, -0.15) is 0 Å². The number of thioether (sulfide) groups is 1. The monoisotopic (exact) mass is 302 g/mol. The molecule has 7 heteroatoms. The van der Waals surface area contributed by atoms with Crippen LogP contribution >= 0.6 is 34.7 Å². The smallest absolute Gasteiger partial charge is 0.316 e. The zero-order valence-corrected chi connectivity index (χ0v) is 12.4. The molecule has 18 heavy (non-hydrogen) atoms. The lowest BCUT2D eigenvalue weighted by molar-refractivity contribution is -0.136. The summed E-state index contributed by atoms with van der Waals surface area (Å²) in [6, 6.07) is 0. The number of carboxylic acids is 1. The fourth-order valence-electron chi connectivity index (χ4n) is 1.44. The van der Waals surface area contributed by atoms with E-state index < -0.39 is 11.2 Å². The molecule has 1 unspecified atom stereocenters. The van der Waals surface area contributed by atoms with Gasteiger partial charge in [0.05, 0.1) is 5.39 Å². The van der Waals surface area contributed by atoms with Gasteiger partial charge in [-0.05, 0) is 26.3 Å². The van der Waals surface area contributed by atoms with Gasteiger partial charge in [-0.3, -0.25) is 4.79 Å². The Kier molecular flexibility index (Phi) is 3.79. The molecule has 0 radical (unpaired) electrons. The molecule has 0 saturated carbocycles. The maximum atomic E-state index is 10.8. The Bertz CT molecular complexity index is 627. The normalized spacial score (nSPS) is 12.9. The van der Waals surface area contributed by atoms with E-state index in [4.69, 9.17) is 16.7 Å². The number of carbonyl (C=O) groups is 1. The van der Waals surface area contributed by atoms with Crippen LogP contribution in [-0.4, -0.2) is 26.3 Å². The van der Waals surface area contributed by atoms with Crippen LogP contribution in [0.25, 0.3) is 10.2 Å². The summed E-state index contributed by atoms with van der Waals surface area (Å²) in [6.45, 7) is 5.58. The second-order valence-corrected chi connectivity index (χ2v) is 6.73. The number of thiophene rings is 1. The van der Waals surface area contributed by atoms with Crippen molar-refractivity contribution in [2.45, 2.75) is 31.2 Å². The van der Waals surface area contributed by atoms with Gasteiger partial charge in [-0.1, -0.05) is 23.4 Å². The Morgan fingerprint density at radius 1 is 1.44 bits per heavy atom. The number of carboxylic acid groups (broad SMARTS) is 1. The minimum atomic E-state index is -0.890. The molecule has 0 saturated heterocycles. The van der Waals surface area contributed by atoms with Gasteiger partial charge >= 0.3 is 5.97 Å². The van der Waals surface area contributed by atoms with Crippen molar-refractivity contribution in [3.05, 3.63) is 15.6 Å². The van der Waals surface area contributed by atoms with Crippen LogP contribution in [0.5, 0.6) is 0 Å². The molecule has 0 fully saturated rings. The van der Waals surface area contributed by atoms with Gasteiger partial charge in [0.1, 0.15) is 15.2 Å². The van der Waals surface area contributed by atoms with Crippen molar-refractivity contribution in [2.75, 3.05) is 0 Å². The first-order valence-corrected chi connectivity index (χ1v) is 7.30. The third kappa shape index (κ3) is 2.46. The van der Waals surface area contributed by atoms with Crippen LogP contribution in [0.4, 0.5) is 0 Å². The van der Waals surface area contributed by atoms with Crippen molar-refractivity contribution in [1.82, 2.24) is 9.97 Å². The minimum absolute atomic E-state index is 0.391. The van der Waals surface area contributed by atoms with Gasteiger partial charge in [0.25, 0.3) is 0 Å². The second kappa shape index (κ2) is 5.03. The minimum Gasteiger partial charge on any atom is -0.480 e. The summed E-state index contributed by atoms with van der Waals surface area (Å²) in [6.07, 6.45) is 0. The van der Waals surface area contributed by atoms with Crippen molar-refractivity contribution in [3.8, 4) is 0 Å². The third-order valence-electron chi connectivity index (χ3n) is 2.59. The van der Waals surface area contributed by atoms with Crippen molar-refractivity contribution in [1.29, 1.82) is 0 Å². The highest BCUT2D eigenvalue weighted by Gasteiger charge is 2.18. The second-order valence-electron chi connectivity index (χ2n) is 3.86. The number of hydrogen-bond donors (Lipinski definition) is 1.